The molecule has 1 aromatic rings. The lowest BCUT2D eigenvalue weighted by Gasteiger charge is -2.25. The Morgan fingerprint density at radius 2 is 2.42 bits per heavy atom. The standard InChI is InChI=1S/C12H19N5O2/c1-2-16(8-9-4-3-7-14-9)11-6-5-10(17(18)19)12(13)15-11/h5-6,9,14H,2-4,7-8H2,1H3,(H2,13,15). The molecule has 104 valence electrons. The minimum absolute atomic E-state index is 0.0275. The summed E-state index contributed by atoms with van der Waals surface area (Å²) in [5, 5.41) is 14.1. The molecular weight excluding hydrogens is 246 g/mol. The maximum Gasteiger partial charge on any atom is 0.311 e. The van der Waals surface area contributed by atoms with Gasteiger partial charge in [-0.25, -0.2) is 4.98 Å². The van der Waals surface area contributed by atoms with Gasteiger partial charge in [0.15, 0.2) is 0 Å². The summed E-state index contributed by atoms with van der Waals surface area (Å²) >= 11 is 0. The molecule has 0 spiro atoms. The van der Waals surface area contributed by atoms with Crippen LogP contribution in [0.2, 0.25) is 0 Å². The van der Waals surface area contributed by atoms with Crippen LogP contribution in [-0.2, 0) is 0 Å². The summed E-state index contributed by atoms with van der Waals surface area (Å²) in [4.78, 5) is 16.4. The molecule has 2 heterocycles. The topological polar surface area (TPSA) is 97.3 Å². The summed E-state index contributed by atoms with van der Waals surface area (Å²) in [6, 6.07) is 3.54. The van der Waals surface area contributed by atoms with Crippen molar-refractivity contribution in [2.75, 3.05) is 30.3 Å². The lowest BCUT2D eigenvalue weighted by molar-refractivity contribution is -0.384. The number of pyridine rings is 1. The average molecular weight is 265 g/mol. The van der Waals surface area contributed by atoms with Gasteiger partial charge < -0.3 is 16.0 Å². The molecular formula is C12H19N5O2. The fourth-order valence-electron chi connectivity index (χ4n) is 2.35. The molecule has 1 aliphatic rings. The number of anilines is 2. The van der Waals surface area contributed by atoms with Crippen molar-refractivity contribution in [2.45, 2.75) is 25.8 Å². The zero-order chi connectivity index (χ0) is 13.8. The zero-order valence-electron chi connectivity index (χ0n) is 11.0. The Morgan fingerprint density at radius 1 is 1.63 bits per heavy atom. The summed E-state index contributed by atoms with van der Waals surface area (Å²) in [5.41, 5.74) is 5.49. The zero-order valence-corrected chi connectivity index (χ0v) is 11.0. The van der Waals surface area contributed by atoms with Gasteiger partial charge in [-0.3, -0.25) is 10.1 Å². The third kappa shape index (κ3) is 3.11. The van der Waals surface area contributed by atoms with Crippen LogP contribution in [0.4, 0.5) is 17.3 Å². The number of hydrogen-bond acceptors (Lipinski definition) is 6. The van der Waals surface area contributed by atoms with Crippen molar-refractivity contribution in [2.24, 2.45) is 0 Å². The lowest BCUT2D eigenvalue weighted by atomic mass is 10.2. The van der Waals surface area contributed by atoms with Crippen LogP contribution < -0.4 is 16.0 Å². The molecule has 1 atom stereocenters. The highest BCUT2D eigenvalue weighted by atomic mass is 16.6. The molecule has 1 unspecified atom stereocenters. The minimum Gasteiger partial charge on any atom is -0.378 e. The van der Waals surface area contributed by atoms with Gasteiger partial charge in [-0.2, -0.15) is 0 Å². The van der Waals surface area contributed by atoms with Gasteiger partial charge in [0.1, 0.15) is 5.82 Å². The van der Waals surface area contributed by atoms with Crippen molar-refractivity contribution < 1.29 is 4.92 Å². The van der Waals surface area contributed by atoms with E-state index in [2.05, 4.69) is 15.2 Å². The van der Waals surface area contributed by atoms with E-state index in [0.717, 1.165) is 26.1 Å². The number of nitrogen functional groups attached to an aromatic ring is 1. The van der Waals surface area contributed by atoms with Crippen LogP contribution in [-0.4, -0.2) is 35.6 Å². The monoisotopic (exact) mass is 265 g/mol. The highest BCUT2D eigenvalue weighted by Gasteiger charge is 2.20. The van der Waals surface area contributed by atoms with Crippen LogP contribution >= 0.6 is 0 Å². The molecule has 1 aromatic heterocycles. The largest absolute Gasteiger partial charge is 0.378 e. The summed E-state index contributed by atoms with van der Waals surface area (Å²) in [7, 11) is 0. The second-order valence-electron chi connectivity index (χ2n) is 4.66. The summed E-state index contributed by atoms with van der Waals surface area (Å²) in [6.45, 7) is 4.73. The Hall–Kier alpha value is -1.89. The lowest BCUT2D eigenvalue weighted by Crippen LogP contribution is -2.38. The Morgan fingerprint density at radius 3 is 2.95 bits per heavy atom. The van der Waals surface area contributed by atoms with Crippen LogP contribution in [0.3, 0.4) is 0 Å². The first-order chi connectivity index (χ1) is 9.11. The quantitative estimate of drug-likeness (QED) is 0.612. The Bertz CT molecular complexity index is 459. The Kier molecular flexibility index (Phi) is 4.16. The normalized spacial score (nSPS) is 18.5. The fourth-order valence-corrected chi connectivity index (χ4v) is 2.35. The van der Waals surface area contributed by atoms with Gasteiger partial charge >= 0.3 is 5.69 Å². The van der Waals surface area contributed by atoms with Crippen molar-refractivity contribution in [3.63, 3.8) is 0 Å². The van der Waals surface area contributed by atoms with E-state index in [-0.39, 0.29) is 11.5 Å². The van der Waals surface area contributed by atoms with E-state index in [9.17, 15) is 10.1 Å². The maximum absolute atomic E-state index is 10.7. The van der Waals surface area contributed by atoms with E-state index >= 15 is 0 Å². The molecule has 0 saturated carbocycles. The van der Waals surface area contributed by atoms with Crippen LogP contribution in [0.5, 0.6) is 0 Å². The molecule has 0 aliphatic carbocycles. The number of nitro groups is 1. The molecule has 0 bridgehead atoms. The van der Waals surface area contributed by atoms with Crippen LogP contribution in [0.1, 0.15) is 19.8 Å². The van der Waals surface area contributed by atoms with E-state index in [4.69, 9.17) is 5.73 Å². The molecule has 1 aliphatic heterocycles. The van der Waals surface area contributed by atoms with E-state index in [1.165, 1.54) is 12.5 Å². The Labute approximate surface area is 112 Å². The van der Waals surface area contributed by atoms with Gasteiger partial charge in [0.2, 0.25) is 5.82 Å². The number of nitrogens with two attached hydrogens (primary N) is 1. The van der Waals surface area contributed by atoms with Crippen LogP contribution in [0.15, 0.2) is 12.1 Å². The highest BCUT2D eigenvalue weighted by Crippen LogP contribution is 2.23. The minimum atomic E-state index is -0.513. The average Bonchev–Trinajstić information content (AvgIpc) is 2.88. The van der Waals surface area contributed by atoms with Gasteiger partial charge in [-0.05, 0) is 32.4 Å². The van der Waals surface area contributed by atoms with Crippen molar-refractivity contribution in [1.82, 2.24) is 10.3 Å². The van der Waals surface area contributed by atoms with Gasteiger partial charge in [0, 0.05) is 25.2 Å². The number of aromatic nitrogens is 1. The van der Waals surface area contributed by atoms with Gasteiger partial charge in [0.05, 0.1) is 4.92 Å². The molecule has 1 fully saturated rings. The van der Waals surface area contributed by atoms with Crippen LogP contribution in [0.25, 0.3) is 0 Å². The predicted molar refractivity (Wildman–Crippen MR) is 74.2 cm³/mol. The molecule has 0 aromatic carbocycles. The number of likely N-dealkylation sites (N-methyl/N-ethyl adjacent to an activating group) is 1. The first kappa shape index (κ1) is 13.5. The first-order valence-electron chi connectivity index (χ1n) is 6.51. The van der Waals surface area contributed by atoms with E-state index < -0.39 is 4.92 Å². The predicted octanol–water partition coefficient (Wildman–Crippen LogP) is 1.15. The molecule has 19 heavy (non-hydrogen) atoms. The highest BCUT2D eigenvalue weighted by molar-refractivity contribution is 5.58. The van der Waals surface area contributed by atoms with Crippen molar-refractivity contribution in [3.05, 3.63) is 22.2 Å². The molecule has 7 nitrogen and oxygen atoms in total. The van der Waals surface area contributed by atoms with Gasteiger partial charge in [-0.15, -0.1) is 0 Å². The summed E-state index contributed by atoms with van der Waals surface area (Å²) in [5.74, 6) is 0.666. The van der Waals surface area contributed by atoms with E-state index in [0.29, 0.717) is 11.9 Å². The number of nitrogens with one attached hydrogen (secondary N) is 1. The van der Waals surface area contributed by atoms with Crippen molar-refractivity contribution in [3.8, 4) is 0 Å². The third-order valence-electron chi connectivity index (χ3n) is 3.39. The number of nitrogens with zero attached hydrogens (tertiary/aromatic N) is 3. The molecule has 2 rings (SSSR count). The van der Waals surface area contributed by atoms with E-state index in [1.807, 2.05) is 6.92 Å². The third-order valence-corrected chi connectivity index (χ3v) is 3.39. The van der Waals surface area contributed by atoms with Crippen LogP contribution in [0, 0.1) is 10.1 Å². The number of rotatable bonds is 5. The Balaban J connectivity index is 2.13. The van der Waals surface area contributed by atoms with Gasteiger partial charge in [0.25, 0.3) is 0 Å². The summed E-state index contributed by atoms with van der Waals surface area (Å²) in [6.07, 6.45) is 2.34. The number of hydrogen-bond donors (Lipinski definition) is 2. The molecule has 7 heteroatoms. The van der Waals surface area contributed by atoms with E-state index in [1.54, 1.807) is 6.07 Å². The van der Waals surface area contributed by atoms with Crippen molar-refractivity contribution in [1.29, 1.82) is 0 Å². The SMILES string of the molecule is CCN(CC1CCCN1)c1ccc([N+](=O)[O-])c(N)n1. The van der Waals surface area contributed by atoms with Crippen molar-refractivity contribution >= 4 is 17.3 Å². The smallest absolute Gasteiger partial charge is 0.311 e. The molecule has 0 amide bonds. The second kappa shape index (κ2) is 5.83. The van der Waals surface area contributed by atoms with Gasteiger partial charge in [-0.1, -0.05) is 0 Å². The maximum atomic E-state index is 10.7. The molecule has 1 saturated heterocycles. The molecule has 3 N–H and O–H groups in total. The molecule has 0 radical (unpaired) electrons. The second-order valence-corrected chi connectivity index (χ2v) is 4.66. The first-order valence-corrected chi connectivity index (χ1v) is 6.51. The summed E-state index contributed by atoms with van der Waals surface area (Å²) < 4.78 is 0. The fraction of sp³-hybridized carbons (Fsp3) is 0.583.